The van der Waals surface area contributed by atoms with Gasteiger partial charge in [0.1, 0.15) is 0 Å². The third kappa shape index (κ3) is 4.66. The fraction of sp³-hybridized carbons (Fsp3) is 0.471. The first-order valence-corrected chi connectivity index (χ1v) is 9.82. The van der Waals surface area contributed by atoms with E-state index >= 15 is 0 Å². The summed E-state index contributed by atoms with van der Waals surface area (Å²) in [5.41, 5.74) is 1.98. The van der Waals surface area contributed by atoms with E-state index in [1.807, 2.05) is 55.1 Å². The monoisotopic (exact) mass is 364 g/mol. The Morgan fingerprint density at radius 2 is 1.84 bits per heavy atom. The van der Waals surface area contributed by atoms with Gasteiger partial charge in [-0.3, -0.25) is 4.68 Å². The molecule has 2 atom stereocenters. The summed E-state index contributed by atoms with van der Waals surface area (Å²) >= 11 is 0. The fourth-order valence-electron chi connectivity index (χ4n) is 3.04. The summed E-state index contributed by atoms with van der Waals surface area (Å²) in [7, 11) is -3.55. The minimum atomic E-state index is -3.55. The molecule has 0 unspecified atom stereocenters. The van der Waals surface area contributed by atoms with Gasteiger partial charge in [-0.25, -0.2) is 0 Å². The Morgan fingerprint density at radius 3 is 2.48 bits per heavy atom. The third-order valence-electron chi connectivity index (χ3n) is 4.18. The Morgan fingerprint density at radius 1 is 1.16 bits per heavy atom. The van der Waals surface area contributed by atoms with E-state index in [-0.39, 0.29) is 18.8 Å². The van der Waals surface area contributed by atoms with Gasteiger partial charge in [-0.15, -0.1) is 0 Å². The van der Waals surface area contributed by atoms with E-state index in [4.69, 9.17) is 4.74 Å². The molecule has 136 valence electrons. The maximum atomic E-state index is 12.6. The van der Waals surface area contributed by atoms with Gasteiger partial charge in [0.05, 0.1) is 18.8 Å². The van der Waals surface area contributed by atoms with Crippen molar-refractivity contribution in [2.75, 3.05) is 13.1 Å². The Hall–Kier alpha value is -1.74. The highest BCUT2D eigenvalue weighted by Gasteiger charge is 2.30. The molecule has 0 amide bonds. The molecule has 0 saturated carbocycles. The van der Waals surface area contributed by atoms with Gasteiger partial charge in [-0.05, 0) is 31.0 Å². The van der Waals surface area contributed by atoms with E-state index < -0.39 is 10.2 Å². The smallest absolute Gasteiger partial charge is 0.279 e. The maximum absolute atomic E-state index is 12.6. The number of hydrogen-bond acceptors (Lipinski definition) is 4. The van der Waals surface area contributed by atoms with E-state index in [1.165, 1.54) is 4.31 Å². The lowest BCUT2D eigenvalue weighted by molar-refractivity contribution is -0.0444. The molecule has 1 aromatic heterocycles. The molecule has 2 aromatic rings. The summed E-state index contributed by atoms with van der Waals surface area (Å²) in [6, 6.07) is 9.65. The van der Waals surface area contributed by atoms with Crippen molar-refractivity contribution in [1.29, 1.82) is 0 Å². The second-order valence-corrected chi connectivity index (χ2v) is 8.13. The van der Waals surface area contributed by atoms with Crippen molar-refractivity contribution in [3.8, 4) is 0 Å². The molecular formula is C17H24N4O3S. The van der Waals surface area contributed by atoms with E-state index in [1.54, 1.807) is 6.20 Å². The number of rotatable bonds is 6. The molecule has 0 bridgehead atoms. The average Bonchev–Trinajstić information content (AvgIpc) is 3.06. The zero-order valence-corrected chi connectivity index (χ0v) is 15.3. The number of morpholine rings is 1. The summed E-state index contributed by atoms with van der Waals surface area (Å²) in [4.78, 5) is 0. The van der Waals surface area contributed by atoms with Crippen molar-refractivity contribution in [3.63, 3.8) is 0 Å². The molecule has 0 aliphatic carbocycles. The number of nitrogens with zero attached hydrogens (tertiary/aromatic N) is 3. The fourth-order valence-corrected chi connectivity index (χ4v) is 4.37. The number of hydrogen-bond donors (Lipinski definition) is 1. The summed E-state index contributed by atoms with van der Waals surface area (Å²) < 4.78 is 36.8. The van der Waals surface area contributed by atoms with Gasteiger partial charge in [0, 0.05) is 32.0 Å². The molecule has 1 N–H and O–H groups in total. The van der Waals surface area contributed by atoms with Crippen LogP contribution in [0, 0.1) is 0 Å². The molecule has 1 aliphatic heterocycles. The molecule has 2 heterocycles. The van der Waals surface area contributed by atoms with Crippen molar-refractivity contribution in [2.24, 2.45) is 0 Å². The van der Waals surface area contributed by atoms with Crippen LogP contribution in [-0.4, -0.2) is 47.8 Å². The highest BCUT2D eigenvalue weighted by Crippen LogP contribution is 2.15. The summed E-state index contributed by atoms with van der Waals surface area (Å²) in [5.74, 6) is 0. The van der Waals surface area contributed by atoms with Gasteiger partial charge < -0.3 is 4.74 Å². The maximum Gasteiger partial charge on any atom is 0.279 e. The summed E-state index contributed by atoms with van der Waals surface area (Å²) in [5, 5.41) is 4.21. The number of ether oxygens (including phenoxy) is 1. The Balaban J connectivity index is 1.68. The van der Waals surface area contributed by atoms with E-state index in [0.717, 1.165) is 11.1 Å². The lowest BCUT2D eigenvalue weighted by Crippen LogP contribution is -2.51. The Bertz CT molecular complexity index is 782. The SMILES string of the molecule is C[C@@H]1CN(S(=O)(=O)NCc2ccccc2Cn2cccn2)C[C@H](C)O1. The molecule has 3 rings (SSSR count). The standard InChI is InChI=1S/C17H24N4O3S/c1-14-11-21(12-15(2)24-14)25(22,23)19-10-16-6-3-4-7-17(16)13-20-9-5-8-18-20/h3-9,14-15,19H,10-13H2,1-2H3/t14-,15+. The highest BCUT2D eigenvalue weighted by atomic mass is 32.2. The zero-order chi connectivity index (χ0) is 17.9. The summed E-state index contributed by atoms with van der Waals surface area (Å²) in [6.07, 6.45) is 3.41. The molecule has 7 nitrogen and oxygen atoms in total. The van der Waals surface area contributed by atoms with E-state index in [2.05, 4.69) is 9.82 Å². The highest BCUT2D eigenvalue weighted by molar-refractivity contribution is 7.87. The van der Waals surface area contributed by atoms with Crippen LogP contribution in [0.1, 0.15) is 25.0 Å². The van der Waals surface area contributed by atoms with Crippen molar-refractivity contribution in [2.45, 2.75) is 39.1 Å². The van der Waals surface area contributed by atoms with Crippen LogP contribution in [0.3, 0.4) is 0 Å². The molecule has 1 aliphatic rings. The van der Waals surface area contributed by atoms with Crippen LogP contribution in [0.25, 0.3) is 0 Å². The molecule has 1 aromatic carbocycles. The van der Waals surface area contributed by atoms with Crippen LogP contribution in [0.2, 0.25) is 0 Å². The first kappa shape index (κ1) is 18.1. The number of nitrogens with one attached hydrogen (secondary N) is 1. The predicted octanol–water partition coefficient (Wildman–Crippen LogP) is 1.37. The van der Waals surface area contributed by atoms with Crippen LogP contribution in [0.5, 0.6) is 0 Å². The predicted molar refractivity (Wildman–Crippen MR) is 95.1 cm³/mol. The second kappa shape index (κ2) is 7.65. The first-order valence-electron chi connectivity index (χ1n) is 8.38. The molecule has 25 heavy (non-hydrogen) atoms. The van der Waals surface area contributed by atoms with Crippen molar-refractivity contribution < 1.29 is 13.2 Å². The first-order chi connectivity index (χ1) is 11.9. The normalized spacial score (nSPS) is 22.2. The largest absolute Gasteiger partial charge is 0.373 e. The van der Waals surface area contributed by atoms with Gasteiger partial charge in [0.25, 0.3) is 10.2 Å². The molecular weight excluding hydrogens is 340 g/mol. The molecule has 0 radical (unpaired) electrons. The van der Waals surface area contributed by atoms with Crippen LogP contribution < -0.4 is 4.72 Å². The van der Waals surface area contributed by atoms with Crippen molar-refractivity contribution in [1.82, 2.24) is 18.8 Å². The Labute approximate surface area is 148 Å². The summed E-state index contributed by atoms with van der Waals surface area (Å²) in [6.45, 7) is 5.37. The van der Waals surface area contributed by atoms with Gasteiger partial charge in [-0.2, -0.15) is 22.5 Å². The van der Waals surface area contributed by atoms with E-state index in [9.17, 15) is 8.42 Å². The molecule has 1 fully saturated rings. The third-order valence-corrected chi connectivity index (χ3v) is 5.67. The van der Waals surface area contributed by atoms with Crippen molar-refractivity contribution >= 4 is 10.2 Å². The molecule has 8 heteroatoms. The molecule has 0 spiro atoms. The van der Waals surface area contributed by atoms with Gasteiger partial charge in [0.15, 0.2) is 0 Å². The zero-order valence-electron chi connectivity index (χ0n) is 14.5. The van der Waals surface area contributed by atoms with Crippen molar-refractivity contribution in [3.05, 3.63) is 53.9 Å². The van der Waals surface area contributed by atoms with Gasteiger partial charge >= 0.3 is 0 Å². The lowest BCUT2D eigenvalue weighted by Gasteiger charge is -2.34. The van der Waals surface area contributed by atoms with Gasteiger partial charge in [-0.1, -0.05) is 24.3 Å². The van der Waals surface area contributed by atoms with Crippen LogP contribution in [-0.2, 0) is 28.0 Å². The second-order valence-electron chi connectivity index (χ2n) is 6.37. The van der Waals surface area contributed by atoms with E-state index in [0.29, 0.717) is 19.6 Å². The quantitative estimate of drug-likeness (QED) is 0.840. The van der Waals surface area contributed by atoms with Gasteiger partial charge in [0.2, 0.25) is 0 Å². The molecule has 1 saturated heterocycles. The van der Waals surface area contributed by atoms with Crippen LogP contribution in [0.15, 0.2) is 42.7 Å². The minimum Gasteiger partial charge on any atom is -0.373 e. The number of aromatic nitrogens is 2. The Kier molecular flexibility index (Phi) is 5.53. The topological polar surface area (TPSA) is 76.5 Å². The van der Waals surface area contributed by atoms with Crippen LogP contribution >= 0.6 is 0 Å². The number of benzene rings is 1. The lowest BCUT2D eigenvalue weighted by atomic mass is 10.1. The average molecular weight is 364 g/mol. The minimum absolute atomic E-state index is 0.104. The van der Waals surface area contributed by atoms with Crippen LogP contribution in [0.4, 0.5) is 0 Å².